The molecule has 0 aromatic carbocycles. The molecule has 0 N–H and O–H groups in total. The largest absolute Gasteiger partial charge is 0.296 e. The van der Waals surface area contributed by atoms with Crippen LogP contribution in [0.2, 0.25) is 0 Å². The van der Waals surface area contributed by atoms with Crippen LogP contribution in [0, 0.1) is 0 Å². The fraction of sp³-hybridized carbons (Fsp3) is 0.769. The van der Waals surface area contributed by atoms with Crippen molar-refractivity contribution in [3.05, 3.63) is 18.0 Å². The maximum atomic E-state index is 4.35. The van der Waals surface area contributed by atoms with Crippen molar-refractivity contribution >= 4 is 15.9 Å². The Morgan fingerprint density at radius 1 is 1.53 bits per heavy atom. The molecule has 1 aromatic heterocycles. The van der Waals surface area contributed by atoms with Crippen LogP contribution in [-0.2, 0) is 13.1 Å². The molecule has 4 heteroatoms. The number of rotatable bonds is 6. The van der Waals surface area contributed by atoms with Gasteiger partial charge in [0.2, 0.25) is 0 Å². The van der Waals surface area contributed by atoms with Crippen molar-refractivity contribution in [3.63, 3.8) is 0 Å². The van der Waals surface area contributed by atoms with Crippen molar-refractivity contribution < 1.29 is 0 Å². The van der Waals surface area contributed by atoms with Gasteiger partial charge in [-0.15, -0.1) is 0 Å². The highest BCUT2D eigenvalue weighted by molar-refractivity contribution is 9.09. The van der Waals surface area contributed by atoms with Crippen LogP contribution in [0.1, 0.15) is 38.2 Å². The van der Waals surface area contributed by atoms with E-state index in [-0.39, 0.29) is 0 Å². The second-order valence-corrected chi connectivity index (χ2v) is 5.60. The smallest absolute Gasteiger partial charge is 0.0534 e. The van der Waals surface area contributed by atoms with Crippen molar-refractivity contribution in [1.29, 1.82) is 0 Å². The molecule has 1 aromatic rings. The topological polar surface area (TPSA) is 21.1 Å². The number of nitrogens with zero attached hydrogens (tertiary/aromatic N) is 3. The van der Waals surface area contributed by atoms with Crippen molar-refractivity contribution in [1.82, 2.24) is 14.7 Å². The molecule has 0 bridgehead atoms. The van der Waals surface area contributed by atoms with E-state index in [1.54, 1.807) is 0 Å². The number of likely N-dealkylation sites (tertiary alicyclic amines) is 1. The third-order valence-corrected chi connectivity index (χ3v) is 4.13. The lowest BCUT2D eigenvalue weighted by atomic mass is 10.1. The molecule has 1 aliphatic heterocycles. The SMILES string of the molecule is CCn1cc(CN2CCCC2CCCBr)cn1. The minimum Gasteiger partial charge on any atom is -0.296 e. The maximum Gasteiger partial charge on any atom is 0.0534 e. The standard InChI is InChI=1S/C13H22BrN3/c1-2-17-11-12(9-15-17)10-16-8-4-6-13(16)5-3-7-14/h9,11,13H,2-8,10H2,1H3. The summed E-state index contributed by atoms with van der Waals surface area (Å²) in [6, 6.07) is 0.789. The van der Waals surface area contributed by atoms with E-state index in [4.69, 9.17) is 0 Å². The van der Waals surface area contributed by atoms with Crippen molar-refractivity contribution in [3.8, 4) is 0 Å². The van der Waals surface area contributed by atoms with Crippen molar-refractivity contribution in [2.45, 2.75) is 51.7 Å². The Bertz CT molecular complexity index is 337. The summed E-state index contributed by atoms with van der Waals surface area (Å²) in [6.07, 6.45) is 9.54. The Morgan fingerprint density at radius 2 is 2.41 bits per heavy atom. The third-order valence-electron chi connectivity index (χ3n) is 3.57. The van der Waals surface area contributed by atoms with Gasteiger partial charge < -0.3 is 0 Å². The average molecular weight is 300 g/mol. The van der Waals surface area contributed by atoms with Crippen LogP contribution in [0.15, 0.2) is 12.4 Å². The van der Waals surface area contributed by atoms with E-state index >= 15 is 0 Å². The van der Waals surface area contributed by atoms with Crippen molar-refractivity contribution in [2.24, 2.45) is 0 Å². The number of aryl methyl sites for hydroxylation is 1. The van der Waals surface area contributed by atoms with E-state index in [9.17, 15) is 0 Å². The van der Waals surface area contributed by atoms with Crippen LogP contribution in [0.25, 0.3) is 0 Å². The van der Waals surface area contributed by atoms with Gasteiger partial charge in [-0.1, -0.05) is 15.9 Å². The molecule has 2 heterocycles. The summed E-state index contributed by atoms with van der Waals surface area (Å²) in [5, 5.41) is 5.48. The van der Waals surface area contributed by atoms with Gasteiger partial charge in [-0.2, -0.15) is 5.10 Å². The van der Waals surface area contributed by atoms with Gasteiger partial charge in [0.1, 0.15) is 0 Å². The van der Waals surface area contributed by atoms with Gasteiger partial charge in [-0.3, -0.25) is 9.58 Å². The zero-order valence-electron chi connectivity index (χ0n) is 10.6. The number of alkyl halides is 1. The first-order chi connectivity index (χ1) is 8.33. The molecule has 0 radical (unpaired) electrons. The molecule has 1 atom stereocenters. The summed E-state index contributed by atoms with van der Waals surface area (Å²) in [7, 11) is 0. The van der Waals surface area contributed by atoms with Gasteiger partial charge in [-0.05, 0) is 39.2 Å². The Balaban J connectivity index is 1.88. The number of hydrogen-bond donors (Lipinski definition) is 0. The lowest BCUT2D eigenvalue weighted by Gasteiger charge is -2.23. The minimum atomic E-state index is 0.789. The zero-order chi connectivity index (χ0) is 12.1. The van der Waals surface area contributed by atoms with Crippen molar-refractivity contribution in [2.75, 3.05) is 11.9 Å². The maximum absolute atomic E-state index is 4.35. The van der Waals surface area contributed by atoms with E-state index in [1.807, 2.05) is 10.9 Å². The predicted molar refractivity (Wildman–Crippen MR) is 74.4 cm³/mol. The first kappa shape index (κ1) is 13.1. The van der Waals surface area contributed by atoms with Crippen LogP contribution in [0.4, 0.5) is 0 Å². The molecular weight excluding hydrogens is 278 g/mol. The molecule has 0 amide bonds. The highest BCUT2D eigenvalue weighted by atomic mass is 79.9. The van der Waals surface area contributed by atoms with E-state index in [2.05, 4.69) is 39.0 Å². The number of aromatic nitrogens is 2. The number of halogens is 1. The molecule has 0 spiro atoms. The van der Waals surface area contributed by atoms with E-state index in [1.165, 1.54) is 37.8 Å². The van der Waals surface area contributed by atoms with E-state index in [0.717, 1.165) is 24.5 Å². The lowest BCUT2D eigenvalue weighted by Crippen LogP contribution is -2.28. The van der Waals surface area contributed by atoms with E-state index < -0.39 is 0 Å². The molecule has 2 rings (SSSR count). The summed E-state index contributed by atoms with van der Waals surface area (Å²) in [4.78, 5) is 2.62. The van der Waals surface area contributed by atoms with Crippen LogP contribution in [0.3, 0.4) is 0 Å². The van der Waals surface area contributed by atoms with Crippen LogP contribution < -0.4 is 0 Å². The van der Waals surface area contributed by atoms with Gasteiger partial charge in [0.25, 0.3) is 0 Å². The van der Waals surface area contributed by atoms with Gasteiger partial charge in [0, 0.05) is 36.2 Å². The molecule has 0 aliphatic carbocycles. The highest BCUT2D eigenvalue weighted by Gasteiger charge is 2.23. The second-order valence-electron chi connectivity index (χ2n) is 4.80. The van der Waals surface area contributed by atoms with Crippen LogP contribution >= 0.6 is 15.9 Å². The molecule has 1 unspecified atom stereocenters. The predicted octanol–water partition coefficient (Wildman–Crippen LogP) is 3.04. The van der Waals surface area contributed by atoms with Gasteiger partial charge in [0.15, 0.2) is 0 Å². The van der Waals surface area contributed by atoms with E-state index in [0.29, 0.717) is 0 Å². The molecule has 1 fully saturated rings. The summed E-state index contributed by atoms with van der Waals surface area (Å²) >= 11 is 3.52. The summed E-state index contributed by atoms with van der Waals surface area (Å²) in [5.74, 6) is 0. The molecular formula is C13H22BrN3. The lowest BCUT2D eigenvalue weighted by molar-refractivity contribution is 0.234. The molecule has 1 saturated heterocycles. The van der Waals surface area contributed by atoms with Gasteiger partial charge in [-0.25, -0.2) is 0 Å². The minimum absolute atomic E-state index is 0.789. The zero-order valence-corrected chi connectivity index (χ0v) is 12.2. The molecule has 3 nitrogen and oxygen atoms in total. The molecule has 17 heavy (non-hydrogen) atoms. The first-order valence-corrected chi connectivity index (χ1v) is 7.77. The fourth-order valence-electron chi connectivity index (χ4n) is 2.64. The molecule has 1 aliphatic rings. The fourth-order valence-corrected chi connectivity index (χ4v) is 2.96. The highest BCUT2D eigenvalue weighted by Crippen LogP contribution is 2.23. The summed E-state index contributed by atoms with van der Waals surface area (Å²) in [5.41, 5.74) is 1.36. The summed E-state index contributed by atoms with van der Waals surface area (Å²) in [6.45, 7) is 5.43. The van der Waals surface area contributed by atoms with Gasteiger partial charge in [0.05, 0.1) is 6.20 Å². The molecule has 96 valence electrons. The van der Waals surface area contributed by atoms with Crippen LogP contribution in [-0.4, -0.2) is 32.6 Å². The third kappa shape index (κ3) is 3.55. The Hall–Kier alpha value is -0.350. The normalized spacial score (nSPS) is 21.2. The Kier molecular flexibility index (Phi) is 5.04. The second kappa shape index (κ2) is 6.55. The Morgan fingerprint density at radius 3 is 3.12 bits per heavy atom. The average Bonchev–Trinajstić information content (AvgIpc) is 2.96. The number of hydrogen-bond acceptors (Lipinski definition) is 2. The first-order valence-electron chi connectivity index (χ1n) is 6.65. The summed E-state index contributed by atoms with van der Waals surface area (Å²) < 4.78 is 2.01. The Labute approximate surface area is 112 Å². The quantitative estimate of drug-likeness (QED) is 0.753. The monoisotopic (exact) mass is 299 g/mol. The molecule has 0 saturated carbocycles. The van der Waals surface area contributed by atoms with Gasteiger partial charge >= 0.3 is 0 Å². The van der Waals surface area contributed by atoms with Crippen LogP contribution in [0.5, 0.6) is 0 Å².